The van der Waals surface area contributed by atoms with Crippen LogP contribution in [-0.2, 0) is 0 Å². The third-order valence-corrected chi connectivity index (χ3v) is 4.06. The first-order valence-electron chi connectivity index (χ1n) is 7.09. The molecule has 4 aromatic rings. The Bertz CT molecular complexity index is 952. The van der Waals surface area contributed by atoms with Gasteiger partial charge in [0.2, 0.25) is 0 Å². The normalized spacial score (nSPS) is 11.3. The average Bonchev–Trinajstić information content (AvgIpc) is 2.87. The lowest BCUT2D eigenvalue weighted by molar-refractivity contribution is 0.668. The minimum absolute atomic E-state index is 0.880. The number of hydrogen-bond donors (Lipinski definition) is 0. The lowest BCUT2D eigenvalue weighted by Gasteiger charge is -2.09. The Morgan fingerprint density at radius 2 is 1.57 bits per heavy atom. The van der Waals surface area contributed by atoms with Gasteiger partial charge in [-0.25, -0.2) is 4.98 Å². The van der Waals surface area contributed by atoms with Gasteiger partial charge in [-0.05, 0) is 37.1 Å². The van der Waals surface area contributed by atoms with Crippen molar-refractivity contribution in [1.82, 2.24) is 4.98 Å². The van der Waals surface area contributed by atoms with E-state index in [1.54, 1.807) is 0 Å². The van der Waals surface area contributed by atoms with E-state index in [9.17, 15) is 0 Å². The summed E-state index contributed by atoms with van der Waals surface area (Å²) in [5.74, 6) is 0. The molecule has 2 aromatic carbocycles. The first-order chi connectivity index (χ1) is 10.3. The standard InChI is InChI=1S/C19H15NO/c1-12-13(2)20-18-15-10-6-7-11-16(15)21-19(18)17(12)14-8-4-3-5-9-14/h3-11H,1-2H3. The van der Waals surface area contributed by atoms with Gasteiger partial charge in [0.15, 0.2) is 5.58 Å². The van der Waals surface area contributed by atoms with Gasteiger partial charge in [-0.3, -0.25) is 0 Å². The van der Waals surface area contributed by atoms with Crippen LogP contribution in [0.3, 0.4) is 0 Å². The van der Waals surface area contributed by atoms with E-state index in [1.807, 2.05) is 24.3 Å². The number of fused-ring (bicyclic) bond motifs is 3. The molecule has 102 valence electrons. The van der Waals surface area contributed by atoms with Gasteiger partial charge >= 0.3 is 0 Å². The number of aryl methyl sites for hydroxylation is 1. The van der Waals surface area contributed by atoms with Crippen LogP contribution < -0.4 is 0 Å². The van der Waals surface area contributed by atoms with Gasteiger partial charge in [0.05, 0.1) is 0 Å². The number of benzene rings is 2. The molecule has 2 heteroatoms. The molecule has 2 heterocycles. The van der Waals surface area contributed by atoms with E-state index in [0.717, 1.165) is 33.3 Å². The zero-order valence-electron chi connectivity index (χ0n) is 12.1. The second-order valence-electron chi connectivity index (χ2n) is 5.34. The number of hydrogen-bond acceptors (Lipinski definition) is 2. The highest BCUT2D eigenvalue weighted by Crippen LogP contribution is 2.37. The van der Waals surface area contributed by atoms with Gasteiger partial charge in [0.25, 0.3) is 0 Å². The molecule has 0 radical (unpaired) electrons. The van der Waals surface area contributed by atoms with Crippen LogP contribution in [0.4, 0.5) is 0 Å². The molecule has 0 aliphatic heterocycles. The maximum Gasteiger partial charge on any atom is 0.161 e. The molecule has 0 saturated carbocycles. The Kier molecular flexibility index (Phi) is 2.58. The highest BCUT2D eigenvalue weighted by molar-refractivity contribution is 6.08. The van der Waals surface area contributed by atoms with Gasteiger partial charge in [-0.1, -0.05) is 42.5 Å². The molecule has 0 unspecified atom stereocenters. The Morgan fingerprint density at radius 3 is 2.38 bits per heavy atom. The fraction of sp³-hybridized carbons (Fsp3) is 0.105. The first-order valence-corrected chi connectivity index (χ1v) is 7.09. The van der Waals surface area contributed by atoms with Crippen LogP contribution in [0.1, 0.15) is 11.3 Å². The maximum absolute atomic E-state index is 6.11. The summed E-state index contributed by atoms with van der Waals surface area (Å²) in [5, 5.41) is 1.08. The summed E-state index contributed by atoms with van der Waals surface area (Å²) >= 11 is 0. The van der Waals surface area contributed by atoms with E-state index in [-0.39, 0.29) is 0 Å². The van der Waals surface area contributed by atoms with Crippen molar-refractivity contribution in [3.05, 3.63) is 65.9 Å². The van der Waals surface area contributed by atoms with Crippen molar-refractivity contribution in [3.63, 3.8) is 0 Å². The fourth-order valence-corrected chi connectivity index (χ4v) is 2.87. The lowest BCUT2D eigenvalue weighted by Crippen LogP contribution is -1.92. The third-order valence-electron chi connectivity index (χ3n) is 4.06. The Labute approximate surface area is 123 Å². The molecule has 0 N–H and O–H groups in total. The quantitative estimate of drug-likeness (QED) is 0.472. The van der Waals surface area contributed by atoms with Gasteiger partial charge in [-0.2, -0.15) is 0 Å². The number of pyridine rings is 1. The van der Waals surface area contributed by atoms with Crippen molar-refractivity contribution in [3.8, 4) is 11.1 Å². The molecule has 0 saturated heterocycles. The summed E-state index contributed by atoms with van der Waals surface area (Å²) in [5.41, 5.74) is 7.26. The highest BCUT2D eigenvalue weighted by Gasteiger charge is 2.17. The predicted molar refractivity (Wildman–Crippen MR) is 86.4 cm³/mol. The first kappa shape index (κ1) is 12.2. The monoisotopic (exact) mass is 273 g/mol. The van der Waals surface area contributed by atoms with Crippen LogP contribution in [0.5, 0.6) is 0 Å². The molecule has 0 atom stereocenters. The van der Waals surface area contributed by atoms with E-state index < -0.39 is 0 Å². The minimum atomic E-state index is 0.880. The topological polar surface area (TPSA) is 26.0 Å². The molecule has 0 bridgehead atoms. The largest absolute Gasteiger partial charge is 0.454 e. The zero-order chi connectivity index (χ0) is 14.4. The number of para-hydroxylation sites is 1. The van der Waals surface area contributed by atoms with Crippen molar-refractivity contribution >= 4 is 22.1 Å². The second-order valence-corrected chi connectivity index (χ2v) is 5.34. The summed E-state index contributed by atoms with van der Waals surface area (Å²) in [6.45, 7) is 4.17. The number of rotatable bonds is 1. The SMILES string of the molecule is Cc1nc2c(oc3ccccc32)c(-c2ccccc2)c1C. The van der Waals surface area contributed by atoms with Crippen molar-refractivity contribution in [2.24, 2.45) is 0 Å². The molecule has 2 aromatic heterocycles. The van der Waals surface area contributed by atoms with E-state index in [1.165, 1.54) is 11.1 Å². The molecule has 2 nitrogen and oxygen atoms in total. The molecule has 0 aliphatic carbocycles. The van der Waals surface area contributed by atoms with E-state index >= 15 is 0 Å². The summed E-state index contributed by atoms with van der Waals surface area (Å²) in [7, 11) is 0. The van der Waals surface area contributed by atoms with Crippen LogP contribution in [-0.4, -0.2) is 4.98 Å². The average molecular weight is 273 g/mol. The molecule has 21 heavy (non-hydrogen) atoms. The molecular weight excluding hydrogens is 258 g/mol. The molecular formula is C19H15NO. The Morgan fingerprint density at radius 1 is 0.857 bits per heavy atom. The summed E-state index contributed by atoms with van der Waals surface area (Å²) in [6.07, 6.45) is 0. The molecule has 0 fully saturated rings. The van der Waals surface area contributed by atoms with Gasteiger partial charge in [-0.15, -0.1) is 0 Å². The number of aromatic nitrogens is 1. The number of furan rings is 1. The fourth-order valence-electron chi connectivity index (χ4n) is 2.87. The lowest BCUT2D eigenvalue weighted by atomic mass is 9.99. The van der Waals surface area contributed by atoms with Crippen LogP contribution in [0.25, 0.3) is 33.2 Å². The van der Waals surface area contributed by atoms with Crippen LogP contribution in [0.2, 0.25) is 0 Å². The molecule has 0 amide bonds. The minimum Gasteiger partial charge on any atom is -0.454 e. The summed E-state index contributed by atoms with van der Waals surface area (Å²) in [6, 6.07) is 18.5. The second kappa shape index (κ2) is 4.45. The van der Waals surface area contributed by atoms with Gasteiger partial charge in [0, 0.05) is 16.6 Å². The maximum atomic E-state index is 6.11. The van der Waals surface area contributed by atoms with E-state index in [4.69, 9.17) is 9.40 Å². The predicted octanol–water partition coefficient (Wildman–Crippen LogP) is 5.26. The smallest absolute Gasteiger partial charge is 0.161 e. The Hall–Kier alpha value is -2.61. The molecule has 4 rings (SSSR count). The van der Waals surface area contributed by atoms with E-state index in [0.29, 0.717) is 0 Å². The summed E-state index contributed by atoms with van der Waals surface area (Å²) in [4.78, 5) is 4.76. The molecule has 0 aliphatic rings. The van der Waals surface area contributed by atoms with Crippen molar-refractivity contribution < 1.29 is 4.42 Å². The highest BCUT2D eigenvalue weighted by atomic mass is 16.3. The zero-order valence-corrected chi connectivity index (χ0v) is 12.1. The van der Waals surface area contributed by atoms with Crippen molar-refractivity contribution in [2.45, 2.75) is 13.8 Å². The van der Waals surface area contributed by atoms with E-state index in [2.05, 4.69) is 44.2 Å². The van der Waals surface area contributed by atoms with Crippen molar-refractivity contribution in [1.29, 1.82) is 0 Å². The van der Waals surface area contributed by atoms with Crippen LogP contribution in [0, 0.1) is 13.8 Å². The van der Waals surface area contributed by atoms with Crippen LogP contribution in [0.15, 0.2) is 59.0 Å². The van der Waals surface area contributed by atoms with Crippen molar-refractivity contribution in [2.75, 3.05) is 0 Å². The van der Waals surface area contributed by atoms with Crippen LogP contribution >= 0.6 is 0 Å². The molecule has 0 spiro atoms. The summed E-state index contributed by atoms with van der Waals surface area (Å²) < 4.78 is 6.11. The van der Waals surface area contributed by atoms with Gasteiger partial charge < -0.3 is 4.42 Å². The Balaban J connectivity index is 2.21. The number of nitrogens with zero attached hydrogens (tertiary/aromatic N) is 1. The third kappa shape index (κ3) is 1.76. The van der Waals surface area contributed by atoms with Gasteiger partial charge in [0.1, 0.15) is 11.1 Å².